The van der Waals surface area contributed by atoms with Gasteiger partial charge in [0, 0.05) is 5.41 Å². The predicted octanol–water partition coefficient (Wildman–Crippen LogP) is 6.78. The summed E-state index contributed by atoms with van der Waals surface area (Å²) in [6.07, 6.45) is 19.9. The topological polar surface area (TPSA) is 0 Å². The molecule has 0 spiro atoms. The molecule has 0 nitrogen and oxygen atoms in total. The summed E-state index contributed by atoms with van der Waals surface area (Å²) >= 11 is 0. The molecule has 0 heteroatoms. The fraction of sp³-hybridized carbons (Fsp3) is 0.500. The second-order valence-electron chi connectivity index (χ2n) is 5.16. The predicted molar refractivity (Wildman–Crippen MR) is 93.9 cm³/mol. The van der Waals surface area contributed by atoms with E-state index < -0.39 is 0 Å². The third-order valence-corrected chi connectivity index (χ3v) is 3.84. The Morgan fingerprint density at radius 3 is 1.75 bits per heavy atom. The maximum atomic E-state index is 3.80. The van der Waals surface area contributed by atoms with E-state index in [-0.39, 0.29) is 5.41 Å². The minimum atomic E-state index is 0.138. The van der Waals surface area contributed by atoms with E-state index in [9.17, 15) is 0 Å². The van der Waals surface area contributed by atoms with Crippen molar-refractivity contribution in [2.75, 3.05) is 0 Å². The van der Waals surface area contributed by atoms with Crippen molar-refractivity contribution in [3.63, 3.8) is 0 Å². The highest BCUT2D eigenvalue weighted by Crippen LogP contribution is 2.45. The Balaban J connectivity index is 5.97. The molecular weight excluding hydrogens is 240 g/mol. The molecule has 0 aliphatic carbocycles. The van der Waals surface area contributed by atoms with Crippen LogP contribution in [0.5, 0.6) is 0 Å². The third-order valence-electron chi connectivity index (χ3n) is 3.84. The molecule has 0 N–H and O–H groups in total. The number of hydrogen-bond acceptors (Lipinski definition) is 0. The van der Waals surface area contributed by atoms with Crippen LogP contribution in [0.1, 0.15) is 60.3 Å². The summed E-state index contributed by atoms with van der Waals surface area (Å²) in [4.78, 5) is 0. The Morgan fingerprint density at radius 2 is 1.40 bits per heavy atom. The van der Waals surface area contributed by atoms with Crippen molar-refractivity contribution < 1.29 is 0 Å². The fourth-order valence-electron chi connectivity index (χ4n) is 3.14. The van der Waals surface area contributed by atoms with Crippen LogP contribution in [0.3, 0.4) is 0 Å². The van der Waals surface area contributed by atoms with Gasteiger partial charge in [0.2, 0.25) is 0 Å². The monoisotopic (exact) mass is 272 g/mol. The molecule has 0 unspecified atom stereocenters. The van der Waals surface area contributed by atoms with E-state index in [2.05, 4.69) is 77.7 Å². The molecule has 0 aliphatic rings. The van der Waals surface area contributed by atoms with Gasteiger partial charge in [0.15, 0.2) is 0 Å². The number of hydrogen-bond donors (Lipinski definition) is 0. The van der Waals surface area contributed by atoms with Crippen molar-refractivity contribution in [3.05, 3.63) is 60.3 Å². The molecule has 0 amide bonds. The van der Waals surface area contributed by atoms with E-state index in [1.807, 2.05) is 6.08 Å². The summed E-state index contributed by atoms with van der Waals surface area (Å²) in [5.74, 6) is 0. The van der Waals surface area contributed by atoms with Crippen LogP contribution in [0.4, 0.5) is 0 Å². The van der Waals surface area contributed by atoms with Crippen molar-refractivity contribution in [3.8, 4) is 0 Å². The molecule has 0 bridgehead atoms. The van der Waals surface area contributed by atoms with Crippen LogP contribution in [0.15, 0.2) is 60.3 Å². The highest BCUT2D eigenvalue weighted by atomic mass is 14.4. The van der Waals surface area contributed by atoms with Crippen LogP contribution in [0.2, 0.25) is 0 Å². The lowest BCUT2D eigenvalue weighted by atomic mass is 9.67. The van der Waals surface area contributed by atoms with Gasteiger partial charge in [0.1, 0.15) is 0 Å². The third kappa shape index (κ3) is 4.67. The lowest BCUT2D eigenvalue weighted by molar-refractivity contribution is 0.369. The first-order valence-corrected chi connectivity index (χ1v) is 7.92. The minimum Gasteiger partial charge on any atom is -0.0991 e. The van der Waals surface area contributed by atoms with Gasteiger partial charge in [-0.1, -0.05) is 75.8 Å². The van der Waals surface area contributed by atoms with Crippen LogP contribution in [-0.4, -0.2) is 0 Å². The molecule has 0 saturated heterocycles. The number of allylic oxidation sites excluding steroid dienone is 9. The van der Waals surface area contributed by atoms with Crippen LogP contribution in [-0.2, 0) is 0 Å². The summed E-state index contributed by atoms with van der Waals surface area (Å²) in [7, 11) is 0. The molecule has 0 radical (unpaired) electrons. The molecular formula is C20H32. The first-order chi connectivity index (χ1) is 9.66. The summed E-state index contributed by atoms with van der Waals surface area (Å²) in [6.45, 7) is 14.7. The van der Waals surface area contributed by atoms with Crippen LogP contribution in [0, 0.1) is 5.41 Å². The number of rotatable bonds is 9. The van der Waals surface area contributed by atoms with Crippen molar-refractivity contribution >= 4 is 0 Å². The van der Waals surface area contributed by atoms with Gasteiger partial charge in [-0.3, -0.25) is 0 Å². The van der Waals surface area contributed by atoms with Gasteiger partial charge >= 0.3 is 0 Å². The largest absolute Gasteiger partial charge is 0.0991 e. The van der Waals surface area contributed by atoms with Crippen LogP contribution >= 0.6 is 0 Å². The lowest BCUT2D eigenvalue weighted by Crippen LogP contribution is -2.25. The van der Waals surface area contributed by atoms with Crippen molar-refractivity contribution in [1.82, 2.24) is 0 Å². The summed E-state index contributed by atoms with van der Waals surface area (Å²) in [5.41, 5.74) is 2.98. The Morgan fingerprint density at radius 1 is 0.900 bits per heavy atom. The van der Waals surface area contributed by atoms with Crippen LogP contribution < -0.4 is 0 Å². The van der Waals surface area contributed by atoms with Crippen molar-refractivity contribution in [1.29, 1.82) is 0 Å². The van der Waals surface area contributed by atoms with E-state index in [1.165, 1.54) is 36.8 Å². The van der Waals surface area contributed by atoms with Gasteiger partial charge in [-0.2, -0.15) is 0 Å². The molecule has 0 aliphatic heterocycles. The van der Waals surface area contributed by atoms with E-state index in [0.29, 0.717) is 0 Å². The minimum absolute atomic E-state index is 0.138. The second-order valence-corrected chi connectivity index (χ2v) is 5.16. The van der Waals surface area contributed by atoms with Gasteiger partial charge < -0.3 is 0 Å². The van der Waals surface area contributed by atoms with Gasteiger partial charge in [0.25, 0.3) is 0 Å². The smallest absolute Gasteiger partial charge is 0.0196 e. The van der Waals surface area contributed by atoms with Gasteiger partial charge in [0.05, 0.1) is 0 Å². The van der Waals surface area contributed by atoms with E-state index >= 15 is 0 Å². The zero-order chi connectivity index (χ0) is 15.4. The standard InChI is InChI=1S/C20H32/c1-7-13-15-19(12-6)20(16-9-3,17-10-4)18(11-5)14-8-2/h7-8,11-15H,1,9-10,16-17H2,2-6H3/b14-8-,15-13-,18-11+,19-12+. The van der Waals surface area contributed by atoms with E-state index in [4.69, 9.17) is 0 Å². The highest BCUT2D eigenvalue weighted by molar-refractivity contribution is 5.42. The van der Waals surface area contributed by atoms with Gasteiger partial charge in [-0.15, -0.1) is 0 Å². The first kappa shape index (κ1) is 18.7. The fourth-order valence-corrected chi connectivity index (χ4v) is 3.14. The molecule has 0 saturated carbocycles. The molecule has 20 heavy (non-hydrogen) atoms. The molecule has 0 aromatic rings. The maximum Gasteiger partial charge on any atom is 0.0196 e. The highest BCUT2D eigenvalue weighted by Gasteiger charge is 2.33. The molecule has 0 rings (SSSR count). The second kappa shape index (κ2) is 10.5. The molecule has 112 valence electrons. The van der Waals surface area contributed by atoms with Gasteiger partial charge in [-0.05, 0) is 44.8 Å². The van der Waals surface area contributed by atoms with Gasteiger partial charge in [-0.25, -0.2) is 0 Å². The van der Waals surface area contributed by atoms with Crippen molar-refractivity contribution in [2.45, 2.75) is 60.3 Å². The lowest BCUT2D eigenvalue weighted by Gasteiger charge is -2.37. The molecule has 0 heterocycles. The summed E-state index contributed by atoms with van der Waals surface area (Å²) in [5, 5.41) is 0. The molecule has 0 aromatic heterocycles. The van der Waals surface area contributed by atoms with Crippen LogP contribution in [0.25, 0.3) is 0 Å². The first-order valence-electron chi connectivity index (χ1n) is 7.92. The summed E-state index contributed by atoms with van der Waals surface area (Å²) < 4.78 is 0. The zero-order valence-electron chi connectivity index (χ0n) is 14.1. The molecule has 0 aromatic carbocycles. The normalized spacial score (nSPS) is 14.4. The average Bonchev–Trinajstić information content (AvgIpc) is 2.45. The Bertz CT molecular complexity index is 382. The Kier molecular flexibility index (Phi) is 9.80. The van der Waals surface area contributed by atoms with E-state index in [0.717, 1.165) is 0 Å². The molecule has 0 fully saturated rings. The Labute approximate surface area is 126 Å². The summed E-state index contributed by atoms with van der Waals surface area (Å²) in [6, 6.07) is 0. The Hall–Kier alpha value is -1.30. The van der Waals surface area contributed by atoms with Crippen molar-refractivity contribution in [2.24, 2.45) is 5.41 Å². The zero-order valence-corrected chi connectivity index (χ0v) is 14.1. The molecule has 0 atom stereocenters. The van der Waals surface area contributed by atoms with E-state index in [1.54, 1.807) is 0 Å². The SMILES string of the molecule is C=C/C=C\C(=C/C)C(CCC)(CCC)C(/C=C\C)=C/C. The average molecular weight is 272 g/mol. The maximum absolute atomic E-state index is 3.80. The quantitative estimate of drug-likeness (QED) is 0.406.